The van der Waals surface area contributed by atoms with Gasteiger partial charge in [-0.2, -0.15) is 0 Å². The van der Waals surface area contributed by atoms with Crippen molar-refractivity contribution in [3.8, 4) is 0 Å². The number of carboxylic acid groups (broad SMARTS) is 1. The lowest BCUT2D eigenvalue weighted by molar-refractivity contribution is -0.115. The first-order valence-electron chi connectivity index (χ1n) is 10.2. The molecule has 1 atom stereocenters. The molecular formula is C25H23ClN2O4S. The third kappa shape index (κ3) is 6.60. The summed E-state index contributed by atoms with van der Waals surface area (Å²) in [6, 6.07) is 18.7. The monoisotopic (exact) mass is 482 g/mol. The van der Waals surface area contributed by atoms with E-state index in [1.165, 1.54) is 30.0 Å². The standard InChI is InChI=1S/C25H23ClN2O4S/c1-3-22(24(30)28-21-13-17(25(31)32)11-12-20(21)26)33-19-6-4-5-18(14-19)27-23(29)16-9-7-15(2)8-10-16/h4-14,22H,3H2,1-2H3,(H,27,29)(H,28,30)(H,31,32). The van der Waals surface area contributed by atoms with E-state index in [9.17, 15) is 14.4 Å². The molecule has 33 heavy (non-hydrogen) atoms. The zero-order valence-electron chi connectivity index (χ0n) is 18.1. The molecule has 0 saturated heterocycles. The van der Waals surface area contributed by atoms with Crippen molar-refractivity contribution in [1.82, 2.24) is 0 Å². The predicted molar refractivity (Wildman–Crippen MR) is 133 cm³/mol. The van der Waals surface area contributed by atoms with Crippen molar-refractivity contribution in [1.29, 1.82) is 0 Å². The van der Waals surface area contributed by atoms with E-state index in [1.807, 2.05) is 44.2 Å². The molecule has 0 aromatic heterocycles. The van der Waals surface area contributed by atoms with Crippen molar-refractivity contribution in [3.05, 3.63) is 88.4 Å². The molecule has 0 aliphatic rings. The number of aromatic carboxylic acids is 1. The van der Waals surface area contributed by atoms with E-state index in [2.05, 4.69) is 10.6 Å². The maximum Gasteiger partial charge on any atom is 0.335 e. The second kappa shape index (κ2) is 11.0. The number of carbonyl (C=O) groups is 3. The summed E-state index contributed by atoms with van der Waals surface area (Å²) in [5.74, 6) is -1.61. The van der Waals surface area contributed by atoms with Crippen LogP contribution in [0.2, 0.25) is 5.02 Å². The fraction of sp³-hybridized carbons (Fsp3) is 0.160. The van der Waals surface area contributed by atoms with E-state index in [0.717, 1.165) is 10.5 Å². The molecule has 1 unspecified atom stereocenters. The van der Waals surface area contributed by atoms with Crippen molar-refractivity contribution in [2.45, 2.75) is 30.4 Å². The molecule has 6 nitrogen and oxygen atoms in total. The van der Waals surface area contributed by atoms with Gasteiger partial charge in [0.2, 0.25) is 5.91 Å². The first-order valence-corrected chi connectivity index (χ1v) is 11.5. The SMILES string of the molecule is CCC(Sc1cccc(NC(=O)c2ccc(C)cc2)c1)C(=O)Nc1cc(C(=O)O)ccc1Cl. The van der Waals surface area contributed by atoms with E-state index in [-0.39, 0.29) is 28.1 Å². The van der Waals surface area contributed by atoms with Crippen LogP contribution in [-0.2, 0) is 4.79 Å². The molecule has 3 rings (SSSR count). The molecular weight excluding hydrogens is 460 g/mol. The van der Waals surface area contributed by atoms with Crippen LogP contribution in [0.3, 0.4) is 0 Å². The molecule has 0 spiro atoms. The number of carboxylic acids is 1. The predicted octanol–water partition coefficient (Wildman–Crippen LogP) is 6.11. The fourth-order valence-electron chi connectivity index (χ4n) is 3.01. The molecule has 0 fully saturated rings. The Bertz CT molecular complexity index is 1180. The topological polar surface area (TPSA) is 95.5 Å². The lowest BCUT2D eigenvalue weighted by Crippen LogP contribution is -2.24. The minimum atomic E-state index is -1.10. The number of carbonyl (C=O) groups excluding carboxylic acids is 2. The Balaban J connectivity index is 1.69. The number of nitrogens with one attached hydrogen (secondary N) is 2. The zero-order chi connectivity index (χ0) is 24.0. The summed E-state index contributed by atoms with van der Waals surface area (Å²) in [5, 5.41) is 14.6. The van der Waals surface area contributed by atoms with E-state index in [0.29, 0.717) is 17.7 Å². The van der Waals surface area contributed by atoms with Gasteiger partial charge in [-0.15, -0.1) is 11.8 Å². The molecule has 0 bridgehead atoms. The van der Waals surface area contributed by atoms with Gasteiger partial charge in [0.25, 0.3) is 5.91 Å². The highest BCUT2D eigenvalue weighted by Gasteiger charge is 2.20. The van der Waals surface area contributed by atoms with Crippen molar-refractivity contribution in [2.75, 3.05) is 10.6 Å². The molecule has 0 heterocycles. The third-order valence-electron chi connectivity index (χ3n) is 4.82. The maximum atomic E-state index is 12.8. The van der Waals surface area contributed by atoms with Gasteiger partial charge in [0.15, 0.2) is 0 Å². The Hall–Kier alpha value is -3.29. The lowest BCUT2D eigenvalue weighted by Gasteiger charge is -2.16. The normalized spacial score (nSPS) is 11.5. The number of anilines is 2. The highest BCUT2D eigenvalue weighted by molar-refractivity contribution is 8.00. The van der Waals surface area contributed by atoms with Crippen LogP contribution in [0.1, 0.15) is 39.6 Å². The number of hydrogen-bond donors (Lipinski definition) is 3. The Labute approximate surface area is 201 Å². The van der Waals surface area contributed by atoms with Gasteiger partial charge >= 0.3 is 5.97 Å². The molecule has 0 radical (unpaired) electrons. The van der Waals surface area contributed by atoms with E-state index < -0.39 is 11.2 Å². The number of thioether (sulfide) groups is 1. The summed E-state index contributed by atoms with van der Waals surface area (Å²) in [6.07, 6.45) is 0.534. The van der Waals surface area contributed by atoms with Crippen molar-refractivity contribution >= 4 is 52.5 Å². The molecule has 170 valence electrons. The average Bonchev–Trinajstić information content (AvgIpc) is 2.79. The number of amides is 2. The highest BCUT2D eigenvalue weighted by atomic mass is 35.5. The smallest absolute Gasteiger partial charge is 0.335 e. The molecule has 0 aliphatic heterocycles. The quantitative estimate of drug-likeness (QED) is 0.337. The Morgan fingerprint density at radius 3 is 2.33 bits per heavy atom. The van der Waals surface area contributed by atoms with Gasteiger partial charge in [-0.25, -0.2) is 4.79 Å². The Morgan fingerprint density at radius 2 is 1.67 bits per heavy atom. The summed E-state index contributed by atoms with van der Waals surface area (Å²) >= 11 is 7.48. The number of aryl methyl sites for hydroxylation is 1. The number of hydrogen-bond acceptors (Lipinski definition) is 4. The highest BCUT2D eigenvalue weighted by Crippen LogP contribution is 2.30. The minimum absolute atomic E-state index is 0.0346. The van der Waals surface area contributed by atoms with Crippen molar-refractivity contribution < 1.29 is 19.5 Å². The van der Waals surface area contributed by atoms with Gasteiger partial charge in [-0.1, -0.05) is 42.3 Å². The summed E-state index contributed by atoms with van der Waals surface area (Å²) in [4.78, 5) is 37.4. The van der Waals surface area contributed by atoms with Gasteiger partial charge in [0.05, 0.1) is 21.5 Å². The van der Waals surface area contributed by atoms with Crippen LogP contribution in [-0.4, -0.2) is 28.1 Å². The molecule has 8 heteroatoms. The molecule has 3 aromatic rings. The molecule has 3 aromatic carbocycles. The summed E-state index contributed by atoms with van der Waals surface area (Å²) in [6.45, 7) is 3.84. The van der Waals surface area contributed by atoms with Gasteiger partial charge in [-0.3, -0.25) is 9.59 Å². The second-order valence-corrected chi connectivity index (χ2v) is 9.04. The van der Waals surface area contributed by atoms with Crippen LogP contribution in [0.4, 0.5) is 11.4 Å². The maximum absolute atomic E-state index is 12.8. The van der Waals surface area contributed by atoms with E-state index in [1.54, 1.807) is 18.2 Å². The van der Waals surface area contributed by atoms with Gasteiger partial charge < -0.3 is 15.7 Å². The van der Waals surface area contributed by atoms with Gasteiger partial charge in [0, 0.05) is 16.1 Å². The minimum Gasteiger partial charge on any atom is -0.478 e. The average molecular weight is 483 g/mol. The molecule has 3 N–H and O–H groups in total. The fourth-order valence-corrected chi connectivity index (χ4v) is 4.19. The molecule has 2 amide bonds. The summed E-state index contributed by atoms with van der Waals surface area (Å²) < 4.78 is 0. The van der Waals surface area contributed by atoms with Crippen LogP contribution in [0, 0.1) is 6.92 Å². The van der Waals surface area contributed by atoms with Crippen molar-refractivity contribution in [3.63, 3.8) is 0 Å². The molecule has 0 aliphatic carbocycles. The Kier molecular flexibility index (Phi) is 8.14. The largest absolute Gasteiger partial charge is 0.478 e. The Morgan fingerprint density at radius 1 is 0.970 bits per heavy atom. The zero-order valence-corrected chi connectivity index (χ0v) is 19.7. The number of benzene rings is 3. The van der Waals surface area contributed by atoms with E-state index in [4.69, 9.17) is 16.7 Å². The molecule has 0 saturated carbocycles. The second-order valence-electron chi connectivity index (χ2n) is 7.35. The van der Waals surface area contributed by atoms with Crippen LogP contribution in [0.15, 0.2) is 71.6 Å². The number of halogens is 1. The summed E-state index contributed by atoms with van der Waals surface area (Å²) in [7, 11) is 0. The van der Waals surface area contributed by atoms with Crippen LogP contribution in [0.25, 0.3) is 0 Å². The van der Waals surface area contributed by atoms with Crippen molar-refractivity contribution in [2.24, 2.45) is 0 Å². The third-order valence-corrected chi connectivity index (χ3v) is 6.51. The first kappa shape index (κ1) is 24.4. The van der Waals surface area contributed by atoms with Crippen LogP contribution in [0.5, 0.6) is 0 Å². The van der Waals surface area contributed by atoms with Gasteiger partial charge in [0.1, 0.15) is 0 Å². The van der Waals surface area contributed by atoms with E-state index >= 15 is 0 Å². The lowest BCUT2D eigenvalue weighted by atomic mass is 10.1. The van der Waals surface area contributed by atoms with Gasteiger partial charge in [-0.05, 0) is 61.9 Å². The number of rotatable bonds is 8. The first-order chi connectivity index (χ1) is 15.8. The summed E-state index contributed by atoms with van der Waals surface area (Å²) in [5.41, 5.74) is 2.54. The van der Waals surface area contributed by atoms with Crippen LogP contribution < -0.4 is 10.6 Å². The van der Waals surface area contributed by atoms with Crippen LogP contribution >= 0.6 is 23.4 Å².